The zero-order valence-electron chi connectivity index (χ0n) is 19.4. The van der Waals surface area contributed by atoms with Crippen LogP contribution < -0.4 is 5.32 Å². The highest BCUT2D eigenvalue weighted by atomic mass is 35.5. The van der Waals surface area contributed by atoms with E-state index in [1.807, 2.05) is 18.2 Å². The molecule has 7 heteroatoms. The van der Waals surface area contributed by atoms with Crippen LogP contribution >= 0.6 is 23.2 Å². The van der Waals surface area contributed by atoms with E-state index >= 15 is 0 Å². The van der Waals surface area contributed by atoms with Crippen LogP contribution in [0.5, 0.6) is 0 Å². The Morgan fingerprint density at radius 1 is 1.18 bits per heavy atom. The van der Waals surface area contributed by atoms with Crippen molar-refractivity contribution in [3.8, 4) is 0 Å². The fourth-order valence-corrected chi connectivity index (χ4v) is 5.23. The highest BCUT2D eigenvalue weighted by Gasteiger charge is 2.38. The Morgan fingerprint density at radius 2 is 1.91 bits per heavy atom. The van der Waals surface area contributed by atoms with Crippen molar-refractivity contribution in [1.29, 1.82) is 0 Å². The van der Waals surface area contributed by atoms with E-state index in [-0.39, 0.29) is 18.1 Å². The number of aromatic nitrogens is 2. The van der Waals surface area contributed by atoms with E-state index in [9.17, 15) is 4.79 Å². The first kappa shape index (κ1) is 23.8. The average molecular weight is 486 g/mol. The molecule has 0 saturated carbocycles. The van der Waals surface area contributed by atoms with Gasteiger partial charge in [-0.05, 0) is 43.4 Å². The van der Waals surface area contributed by atoms with E-state index in [2.05, 4.69) is 38.2 Å². The van der Waals surface area contributed by atoms with Crippen molar-refractivity contribution in [2.45, 2.75) is 70.9 Å². The molecule has 3 atom stereocenters. The minimum atomic E-state index is -0.471. The molecular formula is C26H29Cl2N3O2. The first-order chi connectivity index (χ1) is 15.8. The molecule has 1 heterocycles. The molecule has 4 rings (SSSR count). The molecule has 2 aliphatic carbocycles. The quantitative estimate of drug-likeness (QED) is 0.497. The molecule has 0 amide bonds. The molecule has 1 unspecified atom stereocenters. The number of rotatable bonds is 6. The van der Waals surface area contributed by atoms with E-state index in [1.54, 1.807) is 6.08 Å². The maximum absolute atomic E-state index is 11.8. The Labute approximate surface area is 205 Å². The molecule has 5 nitrogen and oxygen atoms in total. The zero-order valence-corrected chi connectivity index (χ0v) is 20.9. The normalized spacial score (nSPS) is 24.1. The molecule has 0 saturated heterocycles. The number of benzene rings is 1. The molecule has 33 heavy (non-hydrogen) atoms. The minimum Gasteiger partial charge on any atom is -0.460 e. The molecule has 174 valence electrons. The first-order valence-corrected chi connectivity index (χ1v) is 12.2. The topological polar surface area (TPSA) is 64.1 Å². The van der Waals surface area contributed by atoms with Gasteiger partial charge in [-0.25, -0.2) is 4.98 Å². The number of carbonyl (C=O) groups excluding carboxylic acids is 1. The Balaban J connectivity index is 1.74. The zero-order chi connectivity index (χ0) is 23.8. The number of esters is 1. The predicted octanol–water partition coefficient (Wildman–Crippen LogP) is 6.15. The van der Waals surface area contributed by atoms with Crippen LogP contribution in [-0.4, -0.2) is 22.0 Å². The Bertz CT molecular complexity index is 1140. The number of carbonyl (C=O) groups is 1. The summed E-state index contributed by atoms with van der Waals surface area (Å²) in [5, 5.41) is 4.89. The standard InChI is InChI=1S/C26H29Cl2N3O2/c1-5-19-24(26(4)12-11-17(27)14-22(26)28)29-20(6-2)25(30-19)31-23-18-10-8-7-9-16(18)13-21(23)33-15(3)32/h7-11,14,21,23H,5-6,12-13H2,1-4H3,(H,30,31)/t21-,23+,26?/m0/s1. The van der Waals surface area contributed by atoms with Gasteiger partial charge in [-0.15, -0.1) is 0 Å². The molecular weight excluding hydrogens is 457 g/mol. The number of halogens is 2. The SMILES string of the molecule is CCc1nc(C2(C)CC=C(Cl)C=C2Cl)c(CC)nc1N[C@@H]1c2ccccc2C[C@@H]1OC(C)=O. The molecule has 1 aromatic carbocycles. The smallest absolute Gasteiger partial charge is 0.302 e. The summed E-state index contributed by atoms with van der Waals surface area (Å²) in [7, 11) is 0. The molecule has 0 bridgehead atoms. The summed E-state index contributed by atoms with van der Waals surface area (Å²) in [4.78, 5) is 21.9. The number of nitrogens with one attached hydrogen (secondary N) is 1. The fraction of sp³-hybridized carbons (Fsp3) is 0.423. The van der Waals surface area contributed by atoms with Gasteiger partial charge in [0.1, 0.15) is 11.9 Å². The lowest BCUT2D eigenvalue weighted by Gasteiger charge is -2.32. The van der Waals surface area contributed by atoms with Crippen molar-refractivity contribution in [2.75, 3.05) is 5.32 Å². The Morgan fingerprint density at radius 3 is 2.58 bits per heavy atom. The lowest BCUT2D eigenvalue weighted by molar-refractivity contribution is -0.146. The number of hydrogen-bond donors (Lipinski definition) is 1. The van der Waals surface area contributed by atoms with Crippen molar-refractivity contribution in [2.24, 2.45) is 0 Å². The largest absolute Gasteiger partial charge is 0.460 e. The third kappa shape index (κ3) is 4.53. The summed E-state index contributed by atoms with van der Waals surface area (Å²) in [6.07, 6.45) is 6.24. The van der Waals surface area contributed by atoms with Crippen LogP contribution in [0.2, 0.25) is 0 Å². The van der Waals surface area contributed by atoms with Crippen molar-refractivity contribution >= 4 is 35.0 Å². The van der Waals surface area contributed by atoms with Gasteiger partial charge in [-0.1, -0.05) is 67.4 Å². The Hall–Kier alpha value is -2.37. The van der Waals surface area contributed by atoms with Gasteiger partial charge in [-0.3, -0.25) is 9.78 Å². The summed E-state index contributed by atoms with van der Waals surface area (Å²) >= 11 is 12.9. The van der Waals surface area contributed by atoms with E-state index < -0.39 is 5.41 Å². The van der Waals surface area contributed by atoms with Crippen LogP contribution in [-0.2, 0) is 34.2 Å². The molecule has 0 aliphatic heterocycles. The summed E-state index contributed by atoms with van der Waals surface area (Å²) in [6, 6.07) is 7.99. The number of ether oxygens (including phenoxy) is 1. The Kier molecular flexibility index (Phi) is 6.83. The second kappa shape index (κ2) is 9.47. The van der Waals surface area contributed by atoms with Gasteiger partial charge in [0.25, 0.3) is 0 Å². The average Bonchev–Trinajstić information content (AvgIpc) is 3.12. The first-order valence-electron chi connectivity index (χ1n) is 11.4. The second-order valence-electron chi connectivity index (χ2n) is 8.81. The molecule has 1 aromatic heterocycles. The molecule has 0 radical (unpaired) electrons. The van der Waals surface area contributed by atoms with E-state index in [1.165, 1.54) is 12.5 Å². The summed E-state index contributed by atoms with van der Waals surface area (Å²) < 4.78 is 5.67. The van der Waals surface area contributed by atoms with Gasteiger partial charge in [0, 0.05) is 23.4 Å². The van der Waals surface area contributed by atoms with Gasteiger partial charge in [0.2, 0.25) is 0 Å². The monoisotopic (exact) mass is 485 g/mol. The third-order valence-corrected chi connectivity index (χ3v) is 7.31. The van der Waals surface area contributed by atoms with Gasteiger partial charge in [0.15, 0.2) is 0 Å². The molecule has 2 aromatic rings. The minimum absolute atomic E-state index is 0.184. The number of hydrogen-bond acceptors (Lipinski definition) is 5. The van der Waals surface area contributed by atoms with Gasteiger partial charge in [-0.2, -0.15) is 0 Å². The lowest BCUT2D eigenvalue weighted by Crippen LogP contribution is -2.30. The van der Waals surface area contributed by atoms with Crippen LogP contribution in [0.4, 0.5) is 5.82 Å². The summed E-state index contributed by atoms with van der Waals surface area (Å²) in [5.74, 6) is 0.439. The van der Waals surface area contributed by atoms with Crippen molar-refractivity contribution < 1.29 is 9.53 Å². The third-order valence-electron chi connectivity index (χ3n) is 6.52. The van der Waals surface area contributed by atoms with Crippen LogP contribution in [0.3, 0.4) is 0 Å². The molecule has 2 aliphatic rings. The van der Waals surface area contributed by atoms with Gasteiger partial charge in [0.05, 0.1) is 28.5 Å². The number of aryl methyl sites for hydroxylation is 2. The van der Waals surface area contributed by atoms with E-state index in [0.717, 1.165) is 28.5 Å². The maximum atomic E-state index is 11.8. The van der Waals surface area contributed by atoms with Crippen molar-refractivity contribution in [3.63, 3.8) is 0 Å². The number of fused-ring (bicyclic) bond motifs is 1. The molecule has 0 fully saturated rings. The van der Waals surface area contributed by atoms with Gasteiger partial charge >= 0.3 is 5.97 Å². The number of allylic oxidation sites excluding steroid dienone is 4. The van der Waals surface area contributed by atoms with Crippen LogP contribution in [0, 0.1) is 0 Å². The molecule has 1 N–H and O–H groups in total. The van der Waals surface area contributed by atoms with E-state index in [4.69, 9.17) is 37.9 Å². The lowest BCUT2D eigenvalue weighted by atomic mass is 9.78. The van der Waals surface area contributed by atoms with Gasteiger partial charge < -0.3 is 10.1 Å². The highest BCUT2D eigenvalue weighted by molar-refractivity contribution is 6.35. The highest BCUT2D eigenvalue weighted by Crippen LogP contribution is 2.43. The summed E-state index contributed by atoms with van der Waals surface area (Å²) in [5.41, 5.74) is 4.47. The fourth-order valence-electron chi connectivity index (χ4n) is 4.70. The second-order valence-corrected chi connectivity index (χ2v) is 9.66. The summed E-state index contributed by atoms with van der Waals surface area (Å²) in [6.45, 7) is 7.67. The van der Waals surface area contributed by atoms with Crippen molar-refractivity contribution in [1.82, 2.24) is 9.97 Å². The number of anilines is 1. The van der Waals surface area contributed by atoms with Crippen LogP contribution in [0.1, 0.15) is 68.4 Å². The predicted molar refractivity (Wildman–Crippen MR) is 133 cm³/mol. The number of nitrogens with zero attached hydrogens (tertiary/aromatic N) is 2. The van der Waals surface area contributed by atoms with Crippen LogP contribution in [0.25, 0.3) is 0 Å². The van der Waals surface area contributed by atoms with E-state index in [0.29, 0.717) is 35.7 Å². The van der Waals surface area contributed by atoms with Crippen molar-refractivity contribution in [3.05, 3.63) is 74.7 Å². The maximum Gasteiger partial charge on any atom is 0.302 e. The molecule has 0 spiro atoms. The van der Waals surface area contributed by atoms with Crippen LogP contribution in [0.15, 0.2) is 46.5 Å².